The van der Waals surface area contributed by atoms with Crippen molar-refractivity contribution in [2.75, 3.05) is 0 Å². The van der Waals surface area contributed by atoms with E-state index in [1.165, 1.54) is 12.1 Å². The van der Waals surface area contributed by atoms with Crippen LogP contribution in [-0.4, -0.2) is 4.98 Å². The van der Waals surface area contributed by atoms with E-state index in [2.05, 4.69) is 4.98 Å². The highest BCUT2D eigenvalue weighted by Gasteiger charge is 2.05. The van der Waals surface area contributed by atoms with E-state index >= 15 is 0 Å². The maximum Gasteiger partial charge on any atom is 0.123 e. The number of rotatable bonds is 3. The first-order valence-corrected chi connectivity index (χ1v) is 6.52. The summed E-state index contributed by atoms with van der Waals surface area (Å²) in [4.78, 5) is 4.27. The molecule has 0 bridgehead atoms. The molecule has 4 heteroatoms. The van der Waals surface area contributed by atoms with Gasteiger partial charge in [0.2, 0.25) is 0 Å². The summed E-state index contributed by atoms with van der Waals surface area (Å²) in [6.07, 6.45) is 1.71. The average molecular weight is 288 g/mol. The number of fused-ring (bicyclic) bond motifs is 1. The molecule has 0 spiro atoms. The first-order chi connectivity index (χ1) is 9.74. The van der Waals surface area contributed by atoms with Crippen molar-refractivity contribution in [3.63, 3.8) is 0 Å². The Kier molecular flexibility index (Phi) is 3.52. The summed E-state index contributed by atoms with van der Waals surface area (Å²) in [6.45, 7) is 0.380. The quantitative estimate of drug-likeness (QED) is 0.702. The van der Waals surface area contributed by atoms with Crippen molar-refractivity contribution in [3.05, 3.63) is 71.1 Å². The Morgan fingerprint density at radius 2 is 1.85 bits per heavy atom. The SMILES string of the molecule is Fc1ccc(OCc2ccnc3c(Cl)cccc23)cc1. The second-order valence-corrected chi connectivity index (χ2v) is 4.76. The summed E-state index contributed by atoms with van der Waals surface area (Å²) in [5.74, 6) is 0.344. The van der Waals surface area contributed by atoms with Gasteiger partial charge in [-0.25, -0.2) is 4.39 Å². The summed E-state index contributed by atoms with van der Waals surface area (Å²) in [7, 11) is 0. The number of halogens is 2. The van der Waals surface area contributed by atoms with Crippen molar-refractivity contribution in [3.8, 4) is 5.75 Å². The Hall–Kier alpha value is -2.13. The van der Waals surface area contributed by atoms with Gasteiger partial charge < -0.3 is 4.74 Å². The van der Waals surface area contributed by atoms with Gasteiger partial charge >= 0.3 is 0 Å². The highest BCUT2D eigenvalue weighted by Crippen LogP contribution is 2.24. The molecule has 0 fully saturated rings. The van der Waals surface area contributed by atoms with Gasteiger partial charge in [0.15, 0.2) is 0 Å². The summed E-state index contributed by atoms with van der Waals surface area (Å²) in [5.41, 5.74) is 1.75. The van der Waals surface area contributed by atoms with E-state index in [1.54, 1.807) is 18.3 Å². The van der Waals surface area contributed by atoms with Crippen LogP contribution >= 0.6 is 11.6 Å². The van der Waals surface area contributed by atoms with Gasteiger partial charge in [-0.15, -0.1) is 0 Å². The standard InChI is InChI=1S/C16H11ClFNO/c17-15-3-1-2-14-11(8-9-19-16(14)15)10-20-13-6-4-12(18)5-7-13/h1-9H,10H2. The minimum Gasteiger partial charge on any atom is -0.489 e. The number of pyridine rings is 1. The zero-order valence-corrected chi connectivity index (χ0v) is 11.3. The van der Waals surface area contributed by atoms with Gasteiger partial charge in [0.1, 0.15) is 18.2 Å². The van der Waals surface area contributed by atoms with E-state index in [0.717, 1.165) is 16.5 Å². The van der Waals surface area contributed by atoms with Crippen LogP contribution in [0.2, 0.25) is 5.02 Å². The van der Waals surface area contributed by atoms with Crippen LogP contribution in [0.1, 0.15) is 5.56 Å². The van der Waals surface area contributed by atoms with E-state index in [-0.39, 0.29) is 5.82 Å². The van der Waals surface area contributed by atoms with Gasteiger partial charge in [0.05, 0.1) is 10.5 Å². The normalized spacial score (nSPS) is 10.7. The molecular formula is C16H11ClFNO. The molecule has 0 radical (unpaired) electrons. The molecule has 0 amide bonds. The zero-order chi connectivity index (χ0) is 13.9. The van der Waals surface area contributed by atoms with Crippen molar-refractivity contribution in [1.29, 1.82) is 0 Å². The Balaban J connectivity index is 1.88. The summed E-state index contributed by atoms with van der Waals surface area (Å²) >= 11 is 6.12. The number of nitrogens with zero attached hydrogens (tertiary/aromatic N) is 1. The van der Waals surface area contributed by atoms with Crippen molar-refractivity contribution >= 4 is 22.5 Å². The van der Waals surface area contributed by atoms with E-state index in [0.29, 0.717) is 17.4 Å². The van der Waals surface area contributed by atoms with Gasteiger partial charge in [0, 0.05) is 17.1 Å². The van der Waals surface area contributed by atoms with Gasteiger partial charge in [-0.05, 0) is 36.4 Å². The van der Waals surface area contributed by atoms with Gasteiger partial charge in [-0.1, -0.05) is 23.7 Å². The number of ether oxygens (including phenoxy) is 1. The van der Waals surface area contributed by atoms with Crippen LogP contribution in [0.3, 0.4) is 0 Å². The second-order valence-electron chi connectivity index (χ2n) is 4.35. The number of hydrogen-bond donors (Lipinski definition) is 0. The minimum absolute atomic E-state index is 0.279. The van der Waals surface area contributed by atoms with Crippen LogP contribution in [0.25, 0.3) is 10.9 Å². The predicted molar refractivity (Wildman–Crippen MR) is 77.5 cm³/mol. The molecule has 0 saturated carbocycles. The molecule has 2 aromatic carbocycles. The van der Waals surface area contributed by atoms with E-state index in [9.17, 15) is 4.39 Å². The van der Waals surface area contributed by atoms with Crippen molar-refractivity contribution in [2.45, 2.75) is 6.61 Å². The monoisotopic (exact) mass is 287 g/mol. The summed E-state index contributed by atoms with van der Waals surface area (Å²) in [6, 6.07) is 13.5. The molecule has 3 rings (SSSR count). The number of benzene rings is 2. The number of hydrogen-bond acceptors (Lipinski definition) is 2. The molecule has 0 saturated heterocycles. The Labute approximate surface area is 120 Å². The van der Waals surface area contributed by atoms with Crippen molar-refractivity contribution in [2.24, 2.45) is 0 Å². The fourth-order valence-electron chi connectivity index (χ4n) is 2.01. The topological polar surface area (TPSA) is 22.1 Å². The van der Waals surface area contributed by atoms with Crippen LogP contribution in [-0.2, 0) is 6.61 Å². The molecule has 1 heterocycles. The first kappa shape index (κ1) is 12.9. The third-order valence-electron chi connectivity index (χ3n) is 3.02. The molecule has 2 nitrogen and oxygen atoms in total. The third kappa shape index (κ3) is 2.58. The van der Waals surface area contributed by atoms with Gasteiger partial charge in [-0.2, -0.15) is 0 Å². The fourth-order valence-corrected chi connectivity index (χ4v) is 2.24. The Bertz CT molecular complexity index is 743. The molecular weight excluding hydrogens is 277 g/mol. The Morgan fingerprint density at radius 3 is 2.65 bits per heavy atom. The fraction of sp³-hybridized carbons (Fsp3) is 0.0625. The minimum atomic E-state index is -0.279. The molecule has 0 atom stereocenters. The molecule has 20 heavy (non-hydrogen) atoms. The maximum atomic E-state index is 12.8. The first-order valence-electron chi connectivity index (χ1n) is 6.14. The number of para-hydroxylation sites is 1. The molecule has 0 unspecified atom stereocenters. The maximum absolute atomic E-state index is 12.8. The largest absolute Gasteiger partial charge is 0.489 e. The number of aromatic nitrogens is 1. The van der Waals surface area contributed by atoms with Crippen LogP contribution in [0, 0.1) is 5.82 Å². The lowest BCUT2D eigenvalue weighted by atomic mass is 10.1. The molecule has 0 aliphatic carbocycles. The molecule has 1 aromatic heterocycles. The average Bonchev–Trinajstić information content (AvgIpc) is 2.47. The molecule has 0 N–H and O–H groups in total. The zero-order valence-electron chi connectivity index (χ0n) is 10.5. The van der Waals surface area contributed by atoms with Gasteiger partial charge in [-0.3, -0.25) is 4.98 Å². The van der Waals surface area contributed by atoms with E-state index in [4.69, 9.17) is 16.3 Å². The second kappa shape index (κ2) is 5.47. The smallest absolute Gasteiger partial charge is 0.123 e. The predicted octanol–water partition coefficient (Wildman–Crippen LogP) is 4.61. The molecule has 0 aliphatic rings. The van der Waals surface area contributed by atoms with E-state index < -0.39 is 0 Å². The van der Waals surface area contributed by atoms with Crippen LogP contribution in [0.4, 0.5) is 4.39 Å². The lowest BCUT2D eigenvalue weighted by molar-refractivity contribution is 0.307. The lowest BCUT2D eigenvalue weighted by Crippen LogP contribution is -1.97. The highest BCUT2D eigenvalue weighted by atomic mass is 35.5. The van der Waals surface area contributed by atoms with Crippen molar-refractivity contribution in [1.82, 2.24) is 4.98 Å². The highest BCUT2D eigenvalue weighted by molar-refractivity contribution is 6.35. The molecule has 3 aromatic rings. The Morgan fingerprint density at radius 1 is 1.05 bits per heavy atom. The van der Waals surface area contributed by atoms with Crippen molar-refractivity contribution < 1.29 is 9.13 Å². The van der Waals surface area contributed by atoms with Crippen LogP contribution in [0.15, 0.2) is 54.7 Å². The molecule has 0 aliphatic heterocycles. The third-order valence-corrected chi connectivity index (χ3v) is 3.33. The van der Waals surface area contributed by atoms with Gasteiger partial charge in [0.25, 0.3) is 0 Å². The van der Waals surface area contributed by atoms with Crippen LogP contribution in [0.5, 0.6) is 5.75 Å². The lowest BCUT2D eigenvalue weighted by Gasteiger charge is -2.09. The van der Waals surface area contributed by atoms with Crippen LogP contribution < -0.4 is 4.74 Å². The summed E-state index contributed by atoms with van der Waals surface area (Å²) < 4.78 is 18.5. The molecule has 100 valence electrons. The summed E-state index contributed by atoms with van der Waals surface area (Å²) in [5, 5.41) is 1.58. The van der Waals surface area contributed by atoms with E-state index in [1.807, 2.05) is 24.3 Å².